The number of para-hydroxylation sites is 1. The molecule has 0 aliphatic carbocycles. The van der Waals surface area contributed by atoms with Crippen LogP contribution in [0.25, 0.3) is 10.9 Å². The highest BCUT2D eigenvalue weighted by Crippen LogP contribution is 2.33. The van der Waals surface area contributed by atoms with E-state index in [1.165, 1.54) is 12.4 Å². The van der Waals surface area contributed by atoms with Crippen LogP contribution in [0.1, 0.15) is 23.7 Å². The number of carbonyl (C=O) groups excluding carboxylic acids is 1. The van der Waals surface area contributed by atoms with Gasteiger partial charge in [-0.1, -0.05) is 36.4 Å². The first kappa shape index (κ1) is 24.1. The minimum absolute atomic E-state index is 0.0331. The number of nitrogens with zero attached hydrogens (tertiary/aromatic N) is 3. The van der Waals surface area contributed by atoms with Gasteiger partial charge in [0.25, 0.3) is 5.91 Å². The van der Waals surface area contributed by atoms with Crippen molar-refractivity contribution in [1.82, 2.24) is 15.3 Å². The van der Waals surface area contributed by atoms with E-state index >= 15 is 0 Å². The van der Waals surface area contributed by atoms with Crippen molar-refractivity contribution in [3.05, 3.63) is 83.6 Å². The van der Waals surface area contributed by atoms with E-state index in [-0.39, 0.29) is 13.2 Å². The predicted molar refractivity (Wildman–Crippen MR) is 125 cm³/mol. The molecule has 0 bridgehead atoms. The van der Waals surface area contributed by atoms with Crippen molar-refractivity contribution in [1.29, 1.82) is 0 Å². The molecule has 172 valence electrons. The fraction of sp³-hybridized carbons (Fsp3) is 0.208. The Morgan fingerprint density at radius 3 is 2.85 bits per heavy atom. The summed E-state index contributed by atoms with van der Waals surface area (Å²) >= 11 is 6.29. The average molecular weight is 473 g/mol. The Labute approximate surface area is 195 Å². The van der Waals surface area contributed by atoms with Crippen LogP contribution in [0.4, 0.5) is 14.5 Å². The second-order valence-electron chi connectivity index (χ2n) is 7.07. The van der Waals surface area contributed by atoms with Gasteiger partial charge in [0.05, 0.1) is 10.7 Å². The van der Waals surface area contributed by atoms with Crippen molar-refractivity contribution in [2.45, 2.75) is 33.4 Å². The lowest BCUT2D eigenvalue weighted by molar-refractivity contribution is -0.131. The minimum Gasteiger partial charge on any atom is -0.487 e. The molecule has 2 aromatic heterocycles. The van der Waals surface area contributed by atoms with E-state index in [0.29, 0.717) is 27.4 Å². The molecular formula is C24H23ClF2N4O2. The Kier molecular flexibility index (Phi) is 7.95. The number of anilines is 1. The van der Waals surface area contributed by atoms with Gasteiger partial charge in [-0.15, -0.1) is 0 Å². The van der Waals surface area contributed by atoms with Crippen LogP contribution in [0.2, 0.25) is 5.02 Å². The summed E-state index contributed by atoms with van der Waals surface area (Å²) in [4.78, 5) is 21.8. The molecule has 0 fully saturated rings. The normalized spacial score (nSPS) is 11.2. The van der Waals surface area contributed by atoms with Crippen molar-refractivity contribution >= 4 is 34.1 Å². The minimum atomic E-state index is -3.10. The first-order chi connectivity index (χ1) is 15.8. The molecule has 1 N–H and O–H groups in total. The van der Waals surface area contributed by atoms with Gasteiger partial charge in [0.15, 0.2) is 0 Å². The molecule has 0 radical (unpaired) electrons. The molecule has 2 heterocycles. The lowest BCUT2D eigenvalue weighted by Gasteiger charge is -2.19. The van der Waals surface area contributed by atoms with E-state index in [1.807, 2.05) is 49.2 Å². The number of aryl methyl sites for hydroxylation is 1. The number of halogens is 3. The van der Waals surface area contributed by atoms with Gasteiger partial charge >= 0.3 is 6.43 Å². The van der Waals surface area contributed by atoms with Crippen molar-refractivity contribution < 1.29 is 18.3 Å². The summed E-state index contributed by atoms with van der Waals surface area (Å²) < 4.78 is 31.1. The van der Waals surface area contributed by atoms with Crippen molar-refractivity contribution in [2.24, 2.45) is 0 Å². The molecule has 0 unspecified atom stereocenters. The van der Waals surface area contributed by atoms with Crippen LogP contribution in [-0.2, 0) is 17.9 Å². The maximum atomic E-state index is 12.5. The number of pyridine rings is 2. The summed E-state index contributed by atoms with van der Waals surface area (Å²) in [5.74, 6) is -0.839. The van der Waals surface area contributed by atoms with Crippen LogP contribution in [0.5, 0.6) is 5.75 Å². The lowest BCUT2D eigenvalue weighted by atomic mass is 10.1. The van der Waals surface area contributed by atoms with E-state index in [4.69, 9.17) is 16.3 Å². The molecule has 1 amide bonds. The van der Waals surface area contributed by atoms with Gasteiger partial charge in [-0.05, 0) is 31.5 Å². The van der Waals surface area contributed by atoms with Crippen LogP contribution in [0, 0.1) is 6.92 Å². The number of rotatable bonds is 9. The number of carbonyl (C=O) groups is 1. The zero-order valence-corrected chi connectivity index (χ0v) is 18.9. The molecule has 6 nitrogen and oxygen atoms in total. The molecule has 3 rings (SSSR count). The average Bonchev–Trinajstić information content (AvgIpc) is 2.79. The van der Waals surface area contributed by atoms with Crippen LogP contribution < -0.4 is 15.0 Å². The molecule has 9 heteroatoms. The third-order valence-electron chi connectivity index (χ3n) is 4.81. The van der Waals surface area contributed by atoms with E-state index in [0.717, 1.165) is 16.8 Å². The van der Waals surface area contributed by atoms with Crippen molar-refractivity contribution in [2.75, 3.05) is 4.90 Å². The number of aromatic nitrogens is 2. The standard InChI is InChI=1S/C24H23ClF2N4O2/c1-4-9-31(5-2)20-10-15(3)30-22-17(20)7-6-8-21(22)33-14-18-16(11-28-13-19(18)25)12-29-24(32)23(26)27/h4-11,13,23H,2,12,14H2,1,3H3,(H,29,32)/b9-4-. The Balaban J connectivity index is 1.93. The molecule has 1 aromatic carbocycles. The first-order valence-electron chi connectivity index (χ1n) is 10.1. The SMILES string of the molecule is C=CN(/C=C\C)c1cc(C)nc2c(OCc3c(Cl)cncc3CNC(=O)C(F)F)cccc12. The largest absolute Gasteiger partial charge is 0.487 e. The molecule has 0 atom stereocenters. The molecule has 0 saturated heterocycles. The Morgan fingerprint density at radius 2 is 2.15 bits per heavy atom. The summed E-state index contributed by atoms with van der Waals surface area (Å²) in [6, 6.07) is 7.54. The molecule has 0 saturated carbocycles. The smallest absolute Gasteiger partial charge is 0.315 e. The van der Waals surface area contributed by atoms with Crippen LogP contribution in [0.3, 0.4) is 0 Å². The highest BCUT2D eigenvalue weighted by Gasteiger charge is 2.17. The summed E-state index contributed by atoms with van der Waals surface area (Å²) in [6.07, 6.45) is 5.29. The van der Waals surface area contributed by atoms with Gasteiger partial charge in [0.1, 0.15) is 17.9 Å². The summed E-state index contributed by atoms with van der Waals surface area (Å²) in [5, 5.41) is 3.33. The van der Waals surface area contributed by atoms with Gasteiger partial charge in [-0.2, -0.15) is 8.78 Å². The van der Waals surface area contributed by atoms with E-state index in [9.17, 15) is 13.6 Å². The Morgan fingerprint density at radius 1 is 1.36 bits per heavy atom. The van der Waals surface area contributed by atoms with Gasteiger partial charge < -0.3 is 15.0 Å². The predicted octanol–water partition coefficient (Wildman–Crippen LogP) is 5.54. The number of allylic oxidation sites excluding steroid dienone is 1. The number of alkyl halides is 2. The maximum Gasteiger partial charge on any atom is 0.315 e. The topological polar surface area (TPSA) is 67.3 Å². The highest BCUT2D eigenvalue weighted by molar-refractivity contribution is 6.31. The molecule has 0 aliphatic heterocycles. The van der Waals surface area contributed by atoms with Gasteiger partial charge in [0, 0.05) is 48.0 Å². The zero-order valence-electron chi connectivity index (χ0n) is 18.2. The number of hydrogen-bond acceptors (Lipinski definition) is 5. The number of amides is 1. The number of nitrogens with one attached hydrogen (secondary N) is 1. The second kappa shape index (κ2) is 10.9. The monoisotopic (exact) mass is 472 g/mol. The van der Waals surface area contributed by atoms with Gasteiger partial charge in [-0.3, -0.25) is 9.78 Å². The lowest BCUT2D eigenvalue weighted by Crippen LogP contribution is -2.29. The van der Waals surface area contributed by atoms with Crippen molar-refractivity contribution in [3.63, 3.8) is 0 Å². The number of ether oxygens (including phenoxy) is 1. The number of benzene rings is 1. The van der Waals surface area contributed by atoms with E-state index < -0.39 is 12.3 Å². The molecule has 0 spiro atoms. The van der Waals surface area contributed by atoms with Gasteiger partial charge in [0.2, 0.25) is 0 Å². The summed E-state index contributed by atoms with van der Waals surface area (Å²) in [5.41, 5.74) is 3.36. The van der Waals surface area contributed by atoms with Crippen LogP contribution >= 0.6 is 11.6 Å². The second-order valence-corrected chi connectivity index (χ2v) is 7.48. The Hall–Kier alpha value is -3.52. The van der Waals surface area contributed by atoms with Gasteiger partial charge in [-0.25, -0.2) is 4.98 Å². The molecule has 3 aromatic rings. The quantitative estimate of drug-likeness (QED) is 0.443. The molecular weight excluding hydrogens is 450 g/mol. The first-order valence-corrected chi connectivity index (χ1v) is 10.5. The third-order valence-corrected chi connectivity index (χ3v) is 5.14. The summed E-state index contributed by atoms with van der Waals surface area (Å²) in [7, 11) is 0. The maximum absolute atomic E-state index is 12.5. The zero-order chi connectivity index (χ0) is 24.0. The fourth-order valence-corrected chi connectivity index (χ4v) is 3.52. The van der Waals surface area contributed by atoms with Crippen molar-refractivity contribution in [3.8, 4) is 5.75 Å². The number of fused-ring (bicyclic) bond motifs is 1. The van der Waals surface area contributed by atoms with E-state index in [1.54, 1.807) is 12.3 Å². The fourth-order valence-electron chi connectivity index (χ4n) is 3.28. The molecule has 33 heavy (non-hydrogen) atoms. The third kappa shape index (κ3) is 5.64. The van der Waals surface area contributed by atoms with Crippen LogP contribution in [0.15, 0.2) is 61.7 Å². The Bertz CT molecular complexity index is 1200. The van der Waals surface area contributed by atoms with E-state index in [2.05, 4.69) is 21.9 Å². The molecule has 0 aliphatic rings. The summed E-state index contributed by atoms with van der Waals surface area (Å²) in [6.45, 7) is 7.57. The number of hydrogen-bond donors (Lipinski definition) is 1. The highest BCUT2D eigenvalue weighted by atomic mass is 35.5. The van der Waals surface area contributed by atoms with Crippen LogP contribution in [-0.4, -0.2) is 22.3 Å².